The van der Waals surface area contributed by atoms with Crippen LogP contribution < -0.4 is 20.1 Å². The Kier molecular flexibility index (Phi) is 3.84. The summed E-state index contributed by atoms with van der Waals surface area (Å²) >= 11 is 0. The molecular formula is C17H17N3O4. The number of aromatic nitrogens is 1. The molecule has 1 aliphatic rings. The maximum atomic E-state index is 12.7. The molecule has 0 unspecified atom stereocenters. The normalized spacial score (nSPS) is 18.9. The predicted octanol–water partition coefficient (Wildman–Crippen LogP) is 2.13. The quantitative estimate of drug-likeness (QED) is 0.843. The van der Waals surface area contributed by atoms with Gasteiger partial charge >= 0.3 is 0 Å². The van der Waals surface area contributed by atoms with Gasteiger partial charge in [-0.05, 0) is 43.7 Å². The molecule has 0 radical (unpaired) electrons. The van der Waals surface area contributed by atoms with Gasteiger partial charge in [-0.15, -0.1) is 0 Å². The summed E-state index contributed by atoms with van der Waals surface area (Å²) < 4.78 is 10.9. The van der Waals surface area contributed by atoms with Crippen molar-refractivity contribution in [2.24, 2.45) is 0 Å². The van der Waals surface area contributed by atoms with Crippen LogP contribution in [0.25, 0.3) is 0 Å². The summed E-state index contributed by atoms with van der Waals surface area (Å²) in [5.41, 5.74) is -0.304. The lowest BCUT2D eigenvalue weighted by atomic mass is 10.0. The van der Waals surface area contributed by atoms with Crippen molar-refractivity contribution in [2.45, 2.75) is 19.4 Å². The minimum absolute atomic E-state index is 0.293. The van der Waals surface area contributed by atoms with E-state index in [-0.39, 0.29) is 0 Å². The van der Waals surface area contributed by atoms with Crippen molar-refractivity contribution >= 4 is 23.3 Å². The zero-order valence-electron chi connectivity index (χ0n) is 13.5. The average molecular weight is 327 g/mol. The van der Waals surface area contributed by atoms with E-state index in [4.69, 9.17) is 9.47 Å². The molecule has 0 bridgehead atoms. The number of aryl methyl sites for hydroxylation is 1. The van der Waals surface area contributed by atoms with E-state index in [9.17, 15) is 9.59 Å². The van der Waals surface area contributed by atoms with E-state index >= 15 is 0 Å². The van der Waals surface area contributed by atoms with E-state index in [1.54, 1.807) is 24.3 Å². The number of nitrogens with one attached hydrogen (secondary N) is 2. The number of pyridine rings is 1. The molecular weight excluding hydrogens is 310 g/mol. The number of fused-ring (bicyclic) bond motifs is 1. The van der Waals surface area contributed by atoms with Crippen molar-refractivity contribution < 1.29 is 19.1 Å². The Balaban J connectivity index is 1.90. The molecule has 0 spiro atoms. The van der Waals surface area contributed by atoms with Gasteiger partial charge in [0.2, 0.25) is 0 Å². The highest BCUT2D eigenvalue weighted by atomic mass is 16.5. The molecule has 124 valence electrons. The molecule has 2 heterocycles. The van der Waals surface area contributed by atoms with E-state index in [1.165, 1.54) is 20.2 Å². The Morgan fingerprint density at radius 2 is 2.17 bits per heavy atom. The second-order valence-corrected chi connectivity index (χ2v) is 5.60. The van der Waals surface area contributed by atoms with E-state index < -0.39 is 17.4 Å². The highest BCUT2D eigenvalue weighted by Gasteiger charge is 2.47. The molecule has 0 aliphatic carbocycles. The predicted molar refractivity (Wildman–Crippen MR) is 88.3 cm³/mol. The number of hydrogen-bond acceptors (Lipinski definition) is 5. The standard InChI is InChI=1S/C17H17N3O4/c1-10-6-7-12(23-3)11(9-10)19-15(21)17(2)16(22)20-14-13(24-17)5-4-8-18-14/h4-9H,1-3H3,(H,19,21)(H,18,20,22)/t17-/m0/s1. The molecule has 1 aliphatic heterocycles. The van der Waals surface area contributed by atoms with Crippen molar-refractivity contribution in [3.05, 3.63) is 42.1 Å². The van der Waals surface area contributed by atoms with Crippen molar-refractivity contribution in [2.75, 3.05) is 17.7 Å². The van der Waals surface area contributed by atoms with Gasteiger partial charge in [0.25, 0.3) is 17.4 Å². The van der Waals surface area contributed by atoms with Crippen LogP contribution in [0.1, 0.15) is 12.5 Å². The number of rotatable bonds is 3. The van der Waals surface area contributed by atoms with Gasteiger partial charge in [-0.3, -0.25) is 9.59 Å². The Morgan fingerprint density at radius 1 is 1.38 bits per heavy atom. The van der Waals surface area contributed by atoms with Crippen molar-refractivity contribution in [3.63, 3.8) is 0 Å². The number of carbonyl (C=O) groups is 2. The van der Waals surface area contributed by atoms with E-state index in [1.807, 2.05) is 13.0 Å². The fourth-order valence-corrected chi connectivity index (χ4v) is 2.37. The topological polar surface area (TPSA) is 89.6 Å². The average Bonchev–Trinajstić information content (AvgIpc) is 2.56. The van der Waals surface area contributed by atoms with Gasteiger partial charge in [-0.2, -0.15) is 0 Å². The van der Waals surface area contributed by atoms with E-state index in [2.05, 4.69) is 15.6 Å². The lowest BCUT2D eigenvalue weighted by Crippen LogP contribution is -2.56. The summed E-state index contributed by atoms with van der Waals surface area (Å²) in [5, 5.41) is 5.29. The summed E-state index contributed by atoms with van der Waals surface area (Å²) in [4.78, 5) is 29.1. The third-order valence-corrected chi connectivity index (χ3v) is 3.79. The Morgan fingerprint density at radius 3 is 2.92 bits per heavy atom. The number of carbonyl (C=O) groups excluding carboxylic acids is 2. The minimum Gasteiger partial charge on any atom is -0.495 e. The number of ether oxygens (including phenoxy) is 2. The van der Waals surface area contributed by atoms with Crippen molar-refractivity contribution in [3.8, 4) is 11.5 Å². The van der Waals surface area contributed by atoms with Crippen LogP contribution >= 0.6 is 0 Å². The van der Waals surface area contributed by atoms with Crippen LogP contribution in [0, 0.1) is 6.92 Å². The molecule has 1 aromatic heterocycles. The van der Waals surface area contributed by atoms with Gasteiger partial charge in [-0.25, -0.2) is 4.98 Å². The van der Waals surface area contributed by atoms with Crippen LogP contribution in [0.3, 0.4) is 0 Å². The zero-order chi connectivity index (χ0) is 17.3. The van der Waals surface area contributed by atoms with Gasteiger partial charge in [-0.1, -0.05) is 6.07 Å². The van der Waals surface area contributed by atoms with Crippen LogP contribution in [0.4, 0.5) is 11.5 Å². The van der Waals surface area contributed by atoms with Crippen molar-refractivity contribution in [1.82, 2.24) is 4.98 Å². The maximum Gasteiger partial charge on any atom is 0.279 e. The largest absolute Gasteiger partial charge is 0.495 e. The molecule has 0 saturated carbocycles. The molecule has 7 heteroatoms. The number of amides is 2. The van der Waals surface area contributed by atoms with Crippen LogP contribution in [-0.2, 0) is 9.59 Å². The second-order valence-electron chi connectivity index (χ2n) is 5.60. The molecule has 2 amide bonds. The SMILES string of the molecule is COc1ccc(C)cc1NC(=O)[C@]1(C)Oc2cccnc2NC1=O. The highest BCUT2D eigenvalue weighted by molar-refractivity contribution is 6.18. The van der Waals surface area contributed by atoms with E-state index in [0.29, 0.717) is 23.0 Å². The first-order chi connectivity index (χ1) is 11.4. The van der Waals surface area contributed by atoms with Crippen LogP contribution in [0.15, 0.2) is 36.5 Å². The minimum atomic E-state index is -1.72. The molecule has 24 heavy (non-hydrogen) atoms. The molecule has 1 atom stereocenters. The lowest BCUT2D eigenvalue weighted by molar-refractivity contribution is -0.143. The van der Waals surface area contributed by atoms with Gasteiger partial charge in [0.05, 0.1) is 12.8 Å². The number of anilines is 2. The Bertz CT molecular complexity index is 821. The first-order valence-electron chi connectivity index (χ1n) is 7.35. The van der Waals surface area contributed by atoms with Gasteiger partial charge in [0.15, 0.2) is 11.6 Å². The molecule has 0 fully saturated rings. The van der Waals surface area contributed by atoms with Crippen LogP contribution in [-0.4, -0.2) is 29.5 Å². The monoisotopic (exact) mass is 327 g/mol. The summed E-state index contributed by atoms with van der Waals surface area (Å²) in [6, 6.07) is 8.67. The van der Waals surface area contributed by atoms with Crippen LogP contribution in [0.5, 0.6) is 11.5 Å². The van der Waals surface area contributed by atoms with Crippen LogP contribution in [0.2, 0.25) is 0 Å². The first-order valence-corrected chi connectivity index (χ1v) is 7.35. The molecule has 1 aromatic carbocycles. The Hall–Kier alpha value is -3.09. The number of hydrogen-bond donors (Lipinski definition) is 2. The maximum absolute atomic E-state index is 12.7. The number of methoxy groups -OCH3 is 1. The first kappa shape index (κ1) is 15.8. The molecule has 2 aromatic rings. The smallest absolute Gasteiger partial charge is 0.279 e. The summed E-state index contributed by atoms with van der Waals surface area (Å²) in [7, 11) is 1.51. The van der Waals surface area contributed by atoms with Gasteiger partial charge in [0.1, 0.15) is 5.75 Å². The Labute approximate surface area is 139 Å². The lowest BCUT2D eigenvalue weighted by Gasteiger charge is -2.32. The van der Waals surface area contributed by atoms with Gasteiger partial charge in [0, 0.05) is 6.20 Å². The molecule has 2 N–H and O–H groups in total. The second kappa shape index (κ2) is 5.84. The fourth-order valence-electron chi connectivity index (χ4n) is 2.37. The fraction of sp³-hybridized carbons (Fsp3) is 0.235. The van der Waals surface area contributed by atoms with Gasteiger partial charge < -0.3 is 20.1 Å². The highest BCUT2D eigenvalue weighted by Crippen LogP contribution is 2.33. The molecule has 7 nitrogen and oxygen atoms in total. The summed E-state index contributed by atoms with van der Waals surface area (Å²) in [6.45, 7) is 3.30. The van der Waals surface area contributed by atoms with E-state index in [0.717, 1.165) is 5.56 Å². The molecule has 0 saturated heterocycles. The third kappa shape index (κ3) is 2.64. The number of nitrogens with zero attached hydrogens (tertiary/aromatic N) is 1. The number of benzene rings is 1. The third-order valence-electron chi connectivity index (χ3n) is 3.79. The van der Waals surface area contributed by atoms with Crippen molar-refractivity contribution in [1.29, 1.82) is 0 Å². The summed E-state index contributed by atoms with van der Waals surface area (Å²) in [6.07, 6.45) is 1.53. The molecule has 3 rings (SSSR count). The zero-order valence-corrected chi connectivity index (χ0v) is 13.5. The summed E-state index contributed by atoms with van der Waals surface area (Å²) in [5.74, 6) is -0.0566.